The molecule has 9 aliphatic rings. The van der Waals surface area contributed by atoms with Crippen LogP contribution in [0, 0.1) is 51.8 Å². The van der Waals surface area contributed by atoms with E-state index in [1.165, 1.54) is 32.9 Å². The first-order valence-electron chi connectivity index (χ1n) is 46.8. The number of halogens is 9. The Hall–Kier alpha value is -8.57. The molecule has 9 heterocycles. The van der Waals surface area contributed by atoms with Gasteiger partial charge in [0.2, 0.25) is 35.4 Å². The van der Waals surface area contributed by atoms with Crippen molar-refractivity contribution >= 4 is 88.0 Å². The standard InChI is InChI=1S/C34H44F3N4O5.C33H42F3N4O5.C30H36F3N4O5.3V/c1-6-22-26(19-42)41-18-27(22)45-29-24(38-23-15-14-21(34(35,36)37)17-25(23)39-29)13-9-7-8-11-20-12-10-16-33(20,5)46-31(44)40-28(30(41)43)32(2,3)4;1-5-21-25(18-41)40-17-27(21)44-29-23(37-22-15-14-20(33(34,35)36)16-24(22)38-29)12-8-6-7-10-19-11-9-13-26(19)45-31(43)39-28(30(40)42)32(2,3)4;1-16-22(15-38)37-14-24(16)41-26-20(34-19-11-10-18(30(31,32)33)13-21(19)35-26)9-7-5-6-8-17-12-23(17)42-28(40)36-25(27(37)39)29(2,3)4;;;/h14-15,17,20,22,26-28H,6-13,16,18H2,1-5H3,(H,40,44);14-16,19,21,25-28H,5-13,17H2,1-4H3,(H,39,43);10-11,13,16-17,22-25H,5-9,12,14H2,1-4H3,(H,36,40);;;/q3*-1;;;/t20-,22+,26-,27+,28-,33-;19-,21+,25-,26-,27+,28-;16-,17+,22+,23+,24-,25+;;;/m110.../s1. The minimum Gasteiger partial charge on any atom is -0.540 e. The van der Waals surface area contributed by atoms with Crippen LogP contribution in [-0.4, -0.2) is 191 Å². The zero-order valence-electron chi connectivity index (χ0n) is 79.0. The van der Waals surface area contributed by atoms with Gasteiger partial charge in [-0.25, -0.2) is 63.1 Å². The molecule has 15 rings (SSSR count). The summed E-state index contributed by atoms with van der Waals surface area (Å²) in [6.45, 7) is 23.8. The smallest absolute Gasteiger partial charge is 0.416 e. The van der Waals surface area contributed by atoms with E-state index in [4.69, 9.17) is 33.4 Å². The molecule has 741 valence electrons. The van der Waals surface area contributed by atoms with Crippen molar-refractivity contribution in [1.29, 1.82) is 0 Å². The van der Waals surface area contributed by atoms with Crippen LogP contribution in [0.1, 0.15) is 259 Å². The SMILES string of the molecule is CC[C@@H]1[C@@H]2CN(C(=O)[C@H](C(C)(C)C)NC(=O)O[C@@H]3CCC[C@H]3CCCCCc3nc4ccc(C(F)(F)F)cc4nc3O2)[C@@H]1[C-]=O.CC[C@@H]1[C@@H]2CN(C(=O)[C@H](C(C)(C)C)NC(=O)O[C@]3(C)CCC[C@H]3CCCCCc3nc4ccc(C(F)(F)F)cc4nc3O2)[C@@H]1[C-]=O.C[C@@H]1[C@@H]2CN(C(=O)[C@H](C(C)(C)C)NC(=O)O[C@@H]3C[C@H]3CCCCCc3nc4ccc(C(F)(F)F)cc4nc3O2)[C@@H]1[C-]=O.[V].[V].[V]. The third-order valence-electron chi connectivity index (χ3n) is 28.0. The van der Waals surface area contributed by atoms with Crippen molar-refractivity contribution in [3.8, 4) is 17.6 Å². The van der Waals surface area contributed by atoms with Gasteiger partial charge in [0, 0.05) is 55.7 Å². The molecule has 27 nitrogen and oxygen atoms in total. The van der Waals surface area contributed by atoms with Crippen LogP contribution in [0.15, 0.2) is 54.6 Å². The van der Waals surface area contributed by atoms with E-state index in [2.05, 4.69) is 40.9 Å². The Labute approximate surface area is 822 Å². The van der Waals surface area contributed by atoms with Gasteiger partial charge in [-0.3, -0.25) is 14.4 Å². The molecular formula is C97H122F9N12O15V3-3. The Morgan fingerprint density at radius 2 is 0.743 bits per heavy atom. The van der Waals surface area contributed by atoms with Crippen LogP contribution in [0.2, 0.25) is 0 Å². The summed E-state index contributed by atoms with van der Waals surface area (Å²) >= 11 is 0. The number of nitrogens with one attached hydrogen (secondary N) is 3. The number of alkyl carbamates (subject to hydrolysis) is 3. The van der Waals surface area contributed by atoms with Crippen LogP contribution in [0.5, 0.6) is 17.6 Å². The molecule has 3 aromatic heterocycles. The van der Waals surface area contributed by atoms with Gasteiger partial charge in [-0.1, -0.05) is 153 Å². The molecule has 6 bridgehead atoms. The van der Waals surface area contributed by atoms with E-state index in [0.717, 1.165) is 158 Å². The first-order valence-corrected chi connectivity index (χ1v) is 46.8. The number of aryl methyl sites for hydroxylation is 3. The Morgan fingerprint density at radius 1 is 0.397 bits per heavy atom. The quantitative estimate of drug-likeness (QED) is 0.0820. The van der Waals surface area contributed by atoms with Gasteiger partial charge in [-0.05, 0) is 216 Å². The van der Waals surface area contributed by atoms with E-state index in [1.54, 1.807) is 27.7 Å². The summed E-state index contributed by atoms with van der Waals surface area (Å²) in [7, 11) is 0. The third kappa shape index (κ3) is 25.8. The number of benzene rings is 3. The maximum absolute atomic E-state index is 14.2. The molecule has 6 amide bonds. The molecule has 3 N–H and O–H groups in total. The van der Waals surface area contributed by atoms with Gasteiger partial charge < -0.3 is 73.5 Å². The molecule has 6 fully saturated rings. The topological polar surface area (TPSA) is 332 Å². The molecule has 3 saturated heterocycles. The van der Waals surface area contributed by atoms with Crippen molar-refractivity contribution in [3.05, 3.63) is 88.4 Å². The molecule has 3 aliphatic carbocycles. The summed E-state index contributed by atoms with van der Waals surface area (Å²) in [5.41, 5.74) is -2.66. The summed E-state index contributed by atoms with van der Waals surface area (Å²) in [5, 5.41) is 8.35. The van der Waals surface area contributed by atoms with Crippen LogP contribution in [0.4, 0.5) is 53.9 Å². The van der Waals surface area contributed by atoms with Crippen LogP contribution < -0.4 is 30.2 Å². The summed E-state index contributed by atoms with van der Waals surface area (Å²) in [6, 6.07) is 3.91. The number of hydrogen-bond acceptors (Lipinski definition) is 21. The number of carbonyl (C=O) groups is 6. The van der Waals surface area contributed by atoms with E-state index < -0.39 is 165 Å². The van der Waals surface area contributed by atoms with Crippen LogP contribution in [0.25, 0.3) is 33.1 Å². The van der Waals surface area contributed by atoms with Gasteiger partial charge in [0.1, 0.15) is 71.3 Å². The van der Waals surface area contributed by atoms with E-state index >= 15 is 0 Å². The van der Waals surface area contributed by atoms with E-state index in [-0.39, 0.29) is 139 Å². The molecule has 3 saturated carbocycles. The number of amides is 6. The molecule has 6 aliphatic heterocycles. The number of aromatic nitrogens is 6. The Morgan fingerprint density at radius 3 is 1.12 bits per heavy atom. The van der Waals surface area contributed by atoms with Gasteiger partial charge in [-0.2, -0.15) is 39.5 Å². The maximum Gasteiger partial charge on any atom is 0.416 e. The number of carbonyl (C=O) groups excluding carboxylic acids is 9. The summed E-state index contributed by atoms with van der Waals surface area (Å²) < 4.78 is 158. The van der Waals surface area contributed by atoms with Crippen molar-refractivity contribution in [1.82, 2.24) is 60.6 Å². The minimum atomic E-state index is -4.55. The zero-order chi connectivity index (χ0) is 96.4. The number of alkyl halides is 9. The molecule has 136 heavy (non-hydrogen) atoms. The molecule has 3 radical (unpaired) electrons. The number of nitrogens with zero attached hydrogens (tertiary/aromatic N) is 9. The van der Waals surface area contributed by atoms with Gasteiger partial charge in [0.05, 0.1) is 69.4 Å². The summed E-state index contributed by atoms with van der Waals surface area (Å²) in [6.07, 6.45) is 6.46. The summed E-state index contributed by atoms with van der Waals surface area (Å²) in [4.78, 5) is 150. The van der Waals surface area contributed by atoms with E-state index in [0.29, 0.717) is 65.7 Å². The van der Waals surface area contributed by atoms with Crippen molar-refractivity contribution in [2.45, 2.75) is 335 Å². The van der Waals surface area contributed by atoms with Gasteiger partial charge in [0.15, 0.2) is 0 Å². The molecule has 0 spiro atoms. The fourth-order valence-corrected chi connectivity index (χ4v) is 20.1. The van der Waals surface area contributed by atoms with Crippen molar-refractivity contribution in [2.75, 3.05) is 19.6 Å². The van der Waals surface area contributed by atoms with Gasteiger partial charge in [-0.15, -0.1) is 0 Å². The number of fused-ring (bicyclic) bond motifs is 15. The minimum absolute atomic E-state index is 0. The van der Waals surface area contributed by atoms with Crippen LogP contribution in [-0.2, 0) is 136 Å². The molecule has 3 aromatic carbocycles. The Kier molecular flexibility index (Phi) is 36.1. The Balaban J connectivity index is 0.000000209. The van der Waals surface area contributed by atoms with Crippen LogP contribution in [0.3, 0.4) is 0 Å². The van der Waals surface area contributed by atoms with Gasteiger partial charge in [0.25, 0.3) is 0 Å². The zero-order valence-corrected chi connectivity index (χ0v) is 83.2. The second-order valence-corrected chi connectivity index (χ2v) is 40.7. The second-order valence-electron chi connectivity index (χ2n) is 40.7. The first kappa shape index (κ1) is 109. The Bertz CT molecular complexity index is 5260. The fourth-order valence-electron chi connectivity index (χ4n) is 20.1. The molecule has 18 atom stereocenters. The second kappa shape index (κ2) is 44.9. The van der Waals surface area contributed by atoms with Gasteiger partial charge >= 0.3 is 36.8 Å². The third-order valence-corrected chi connectivity index (χ3v) is 28.0. The average molecular weight is 2020 g/mol. The van der Waals surface area contributed by atoms with Crippen molar-refractivity contribution < 1.29 is 167 Å². The predicted octanol–water partition coefficient (Wildman–Crippen LogP) is 17.7. The molecule has 6 aromatic rings. The largest absolute Gasteiger partial charge is 0.540 e. The molecule has 0 unspecified atom stereocenters. The monoisotopic (exact) mass is 2020 g/mol. The summed E-state index contributed by atoms with van der Waals surface area (Å²) in [5.74, 6) is -1.89. The van der Waals surface area contributed by atoms with E-state index in [9.17, 15) is 82.7 Å². The molecular weight excluding hydrogens is 1900 g/mol. The van der Waals surface area contributed by atoms with Crippen molar-refractivity contribution in [3.63, 3.8) is 0 Å². The number of hydrogen-bond donors (Lipinski definition) is 3. The van der Waals surface area contributed by atoms with E-state index in [1.807, 2.05) is 81.2 Å². The number of ether oxygens (including phenoxy) is 6. The predicted molar refractivity (Wildman–Crippen MR) is 471 cm³/mol. The average Bonchev–Trinajstić information content (AvgIpc) is 1.68. The first-order chi connectivity index (χ1) is 62.7. The van der Waals surface area contributed by atoms with Crippen molar-refractivity contribution in [2.24, 2.45) is 51.8 Å². The number of rotatable bonds is 5. The molecule has 39 heteroatoms. The normalized spacial score (nSPS) is 28.7. The maximum atomic E-state index is 14.2. The van der Waals surface area contributed by atoms with Crippen LogP contribution >= 0.6 is 0 Å². The fraction of sp³-hybridized carbons (Fsp3) is 0.660.